The molecule has 1 rings (SSSR count). The van der Waals surface area contributed by atoms with Crippen LogP contribution in [0.5, 0.6) is 0 Å². The molecule has 6 atom stereocenters. The molecular weight excluding hydrogens is 462 g/mol. The van der Waals surface area contributed by atoms with Crippen molar-refractivity contribution in [2.45, 2.75) is 30.5 Å². The Morgan fingerprint density at radius 3 is 2.41 bits per heavy atom. The van der Waals surface area contributed by atoms with Crippen LogP contribution in [0.25, 0.3) is 15.3 Å². The Bertz CT molecular complexity index is 877. The Morgan fingerprint density at radius 2 is 1.93 bits per heavy atom. The molecule has 1 aliphatic rings. The maximum absolute atomic E-state index is 11.7. The monoisotopic (exact) mass is 473 g/mol. The van der Waals surface area contributed by atoms with Crippen LogP contribution in [0.1, 0.15) is 6.42 Å². The number of rotatable bonds is 10. The molecule has 0 spiro atoms. The number of phosphoric acid groups is 3. The minimum atomic E-state index is -5.71. The van der Waals surface area contributed by atoms with Gasteiger partial charge < -0.3 is 24.3 Å². The highest BCUT2D eigenvalue weighted by Crippen LogP contribution is 2.66. The van der Waals surface area contributed by atoms with E-state index in [2.05, 4.69) is 28.0 Å². The average Bonchev–Trinajstić information content (AvgIpc) is 2.88. The van der Waals surface area contributed by atoms with Crippen LogP contribution in [0.3, 0.4) is 0 Å². The van der Waals surface area contributed by atoms with E-state index < -0.39 is 54.1 Å². The van der Waals surface area contributed by atoms with E-state index in [9.17, 15) is 18.6 Å². The molecule has 1 saturated heterocycles. The van der Waals surface area contributed by atoms with Gasteiger partial charge in [-0.1, -0.05) is 0 Å². The van der Waals surface area contributed by atoms with Gasteiger partial charge in [-0.3, -0.25) is 14.1 Å². The van der Waals surface area contributed by atoms with E-state index in [0.29, 0.717) is 0 Å². The largest absolute Gasteiger partial charge is 0.513 e. The number of ether oxygens (including phenoxy) is 2. The lowest BCUT2D eigenvalue weighted by molar-refractivity contribution is -0.0770. The molecule has 29 heavy (non-hydrogen) atoms. The van der Waals surface area contributed by atoms with Crippen LogP contribution < -0.4 is 0 Å². The van der Waals surface area contributed by atoms with Gasteiger partial charge >= 0.3 is 29.3 Å². The van der Waals surface area contributed by atoms with Gasteiger partial charge in [0.2, 0.25) is 0 Å². The second kappa shape index (κ2) is 9.66. The zero-order valence-electron chi connectivity index (χ0n) is 13.9. The summed E-state index contributed by atoms with van der Waals surface area (Å²) in [5.74, 6) is -2.62. The lowest BCUT2D eigenvalue weighted by atomic mass is 9.96. The second-order valence-corrected chi connectivity index (χ2v) is 9.43. The van der Waals surface area contributed by atoms with Gasteiger partial charge in [0.05, 0.1) is 12.7 Å². The zero-order valence-corrected chi connectivity index (χ0v) is 16.5. The van der Waals surface area contributed by atoms with E-state index in [1.54, 1.807) is 0 Å². The summed E-state index contributed by atoms with van der Waals surface area (Å²) < 4.78 is 55.2. The molecule has 0 aliphatic carbocycles. The third kappa shape index (κ3) is 8.52. The molecule has 0 bridgehead atoms. The second-order valence-electron chi connectivity index (χ2n) is 5.01. The minimum Gasteiger partial charge on any atom is -0.380 e. The first-order chi connectivity index (χ1) is 13.2. The molecule has 1 aliphatic heterocycles. The van der Waals surface area contributed by atoms with E-state index in [4.69, 9.17) is 49.4 Å². The Labute approximate surface area is 163 Å². The van der Waals surface area contributed by atoms with Crippen LogP contribution in [-0.2, 0) is 36.3 Å². The quantitative estimate of drug-likeness (QED) is 0.0838. The third-order valence-corrected chi connectivity index (χ3v) is 6.64. The van der Waals surface area contributed by atoms with Crippen molar-refractivity contribution in [1.82, 2.24) is 0 Å². The molecule has 0 aromatic heterocycles. The Morgan fingerprint density at radius 1 is 1.31 bits per heavy atom. The van der Waals surface area contributed by atoms with Crippen molar-refractivity contribution in [2.24, 2.45) is 5.11 Å². The number of azide groups is 1. The minimum absolute atomic E-state index is 0.176. The van der Waals surface area contributed by atoms with E-state index >= 15 is 0 Å². The Hall–Kier alpha value is -1.32. The highest BCUT2D eigenvalue weighted by molar-refractivity contribution is 7.66. The molecular formula is C8H11BN5O12P3. The first-order valence-corrected chi connectivity index (χ1v) is 11.4. The predicted octanol–water partition coefficient (Wildman–Crippen LogP) is 0.405. The number of nitriles is 1. The first kappa shape index (κ1) is 25.7. The lowest BCUT2D eigenvalue weighted by Crippen LogP contribution is -2.36. The molecule has 4 unspecified atom stereocenters. The van der Waals surface area contributed by atoms with E-state index in [-0.39, 0.29) is 6.42 Å². The summed E-state index contributed by atoms with van der Waals surface area (Å²) in [5, 5.41) is 11.9. The smallest absolute Gasteiger partial charge is 0.380 e. The Balaban J connectivity index is 2.85. The molecule has 158 valence electrons. The van der Waals surface area contributed by atoms with Gasteiger partial charge in [-0.25, -0.2) is 20.3 Å². The number of hydrogen-bond acceptors (Lipinski definition) is 10. The van der Waals surface area contributed by atoms with E-state index in [0.717, 1.165) is 0 Å². The van der Waals surface area contributed by atoms with Gasteiger partial charge in [-0.15, -0.1) is 0 Å². The zero-order chi connectivity index (χ0) is 22.5. The molecule has 0 amide bonds. The fourth-order valence-electron chi connectivity index (χ4n) is 1.91. The van der Waals surface area contributed by atoms with E-state index in [1.165, 1.54) is 6.07 Å². The average molecular weight is 473 g/mol. The highest BCUT2D eigenvalue weighted by Gasteiger charge is 2.47. The molecule has 2 radical (unpaired) electrons. The van der Waals surface area contributed by atoms with E-state index in [1.807, 2.05) is 0 Å². The molecule has 0 saturated carbocycles. The van der Waals surface area contributed by atoms with Gasteiger partial charge in [0.25, 0.3) is 0 Å². The molecule has 1 heterocycles. The summed E-state index contributed by atoms with van der Waals surface area (Å²) >= 11 is 0. The maximum Gasteiger partial charge on any atom is 0.513 e. The normalized spacial score (nSPS) is 28.0. The number of phosphoric ester groups is 1. The third-order valence-electron chi connectivity index (χ3n) is 2.84. The van der Waals surface area contributed by atoms with Crippen LogP contribution in [0.15, 0.2) is 5.11 Å². The summed E-state index contributed by atoms with van der Waals surface area (Å²) in [5.41, 5.74) is 8.45. The topological polar surface area (TPSA) is 255 Å². The van der Waals surface area contributed by atoms with Crippen molar-refractivity contribution < 1.29 is 55.9 Å². The van der Waals surface area contributed by atoms with Crippen molar-refractivity contribution in [1.29, 1.82) is 5.26 Å². The van der Waals surface area contributed by atoms with Crippen LogP contribution >= 0.6 is 23.5 Å². The van der Waals surface area contributed by atoms with Crippen molar-refractivity contribution in [3.8, 4) is 6.07 Å². The summed E-state index contributed by atoms with van der Waals surface area (Å²) in [7, 11) is -11.2. The maximum atomic E-state index is 11.7. The van der Waals surface area contributed by atoms with Crippen molar-refractivity contribution in [2.75, 3.05) is 6.61 Å². The van der Waals surface area contributed by atoms with Crippen molar-refractivity contribution in [3.05, 3.63) is 21.9 Å². The number of hydrogen-bond donors (Lipinski definition) is 4. The van der Waals surface area contributed by atoms with Crippen LogP contribution in [0.4, 0.5) is 0 Å². The van der Waals surface area contributed by atoms with Crippen molar-refractivity contribution >= 4 is 31.3 Å². The van der Waals surface area contributed by atoms with Gasteiger partial charge in [-0.05, 0) is 12.0 Å². The van der Waals surface area contributed by atoms with Gasteiger partial charge in [0, 0.05) is 16.0 Å². The molecule has 1 fully saturated rings. The standard InChI is InChI=1S/C8H11BN5O12P3/c1-12-8(4-10,13-14-11)24-5-2-7(9)23-6(5)3-22-28(18,19)26-29(20,21)25-27(15,16)17/h5-7H,2-3H2,(H,18,19)(H,20,21)(H2,15,16,17)/t5?,6-,7-,8?/m1/s1. The predicted molar refractivity (Wildman–Crippen MR) is 87.8 cm³/mol. The molecule has 0 aromatic carbocycles. The number of nitrogens with zero attached hydrogens (tertiary/aromatic N) is 5. The van der Waals surface area contributed by atoms with Crippen LogP contribution in [0, 0.1) is 17.9 Å². The van der Waals surface area contributed by atoms with Gasteiger partial charge in [0.15, 0.2) is 6.07 Å². The summed E-state index contributed by atoms with van der Waals surface area (Å²) in [6.07, 6.45) is -2.79. The van der Waals surface area contributed by atoms with Gasteiger partial charge in [-0.2, -0.15) is 13.9 Å². The SMILES string of the molecule is [B][C@H]1CC(OC(C#N)(N=[N+]=[N-])[N+]#[C-])[C@@H](COP(=O)(O)OP(=O)(O)OP(=O)(O)O)O1. The van der Waals surface area contributed by atoms with Crippen LogP contribution in [-0.4, -0.2) is 58.1 Å². The fourth-order valence-corrected chi connectivity index (χ4v) is 4.94. The lowest BCUT2D eigenvalue weighted by Gasteiger charge is -2.22. The highest BCUT2D eigenvalue weighted by atomic mass is 31.3. The molecule has 4 N–H and O–H groups in total. The Kier molecular flexibility index (Phi) is 8.57. The summed E-state index contributed by atoms with van der Waals surface area (Å²) in [6, 6.07) is 0.277. The molecule has 17 nitrogen and oxygen atoms in total. The van der Waals surface area contributed by atoms with Crippen LogP contribution in [0.2, 0.25) is 0 Å². The first-order valence-electron chi connectivity index (χ1n) is 6.90. The fraction of sp³-hybridized carbons (Fsp3) is 0.750. The molecule has 21 heteroatoms. The summed E-state index contributed by atoms with van der Waals surface area (Å²) in [6.45, 7) is 6.00. The summed E-state index contributed by atoms with van der Waals surface area (Å²) in [4.78, 5) is 40.4. The van der Waals surface area contributed by atoms with Crippen molar-refractivity contribution in [3.63, 3.8) is 0 Å². The van der Waals surface area contributed by atoms with Gasteiger partial charge in [0.1, 0.15) is 14.0 Å². The molecule has 0 aromatic rings.